The van der Waals surface area contributed by atoms with E-state index in [-0.39, 0.29) is 14.8 Å². The summed E-state index contributed by atoms with van der Waals surface area (Å²) in [4.78, 5) is 0. The van der Waals surface area contributed by atoms with E-state index in [0.29, 0.717) is 0 Å². The zero-order valence-corrected chi connectivity index (χ0v) is 8.97. The monoisotopic (exact) mass is 229 g/mol. The van der Waals surface area contributed by atoms with E-state index >= 15 is 0 Å². The van der Waals surface area contributed by atoms with Crippen LogP contribution in [0.1, 0.15) is 12.0 Å². The average Bonchev–Trinajstić information content (AvgIpc) is 2.07. The van der Waals surface area contributed by atoms with Crippen molar-refractivity contribution in [2.75, 3.05) is 0 Å². The van der Waals surface area contributed by atoms with Crippen LogP contribution in [0.25, 0.3) is 0 Å². The predicted molar refractivity (Wildman–Crippen MR) is 51.2 cm³/mol. The number of hydrogen-bond acceptors (Lipinski definition) is 0. The van der Waals surface area contributed by atoms with Gasteiger partial charge < -0.3 is 0 Å². The molecule has 0 aliphatic carbocycles. The molecule has 0 spiro atoms. The number of hydrogen-bond donors (Lipinski definition) is 0. The molecule has 0 nitrogen and oxygen atoms in total. The molecule has 1 aromatic rings. The van der Waals surface area contributed by atoms with Gasteiger partial charge in [-0.3, -0.25) is 0 Å². The summed E-state index contributed by atoms with van der Waals surface area (Å²) in [7, 11) is 5.66. The van der Waals surface area contributed by atoms with Crippen LogP contribution >= 0.6 is 9.95 Å². The molecule has 0 fully saturated rings. The van der Waals surface area contributed by atoms with Crippen molar-refractivity contribution in [1.82, 2.24) is 0 Å². The van der Waals surface area contributed by atoms with Crippen molar-refractivity contribution in [1.29, 1.82) is 0 Å². The topological polar surface area (TPSA) is 0 Å². The summed E-state index contributed by atoms with van der Waals surface area (Å²) in [6.45, 7) is 0. The first kappa shape index (κ1) is 9.16. The van der Waals surface area contributed by atoms with Crippen molar-refractivity contribution >= 4 is 24.8 Å². The zero-order valence-electron chi connectivity index (χ0n) is 6.33. The minimum atomic E-state index is 0.1000. The van der Waals surface area contributed by atoms with Gasteiger partial charge in [0.05, 0.1) is 0 Å². The quantitative estimate of drug-likeness (QED) is 0.550. The van der Waals surface area contributed by atoms with E-state index in [0.717, 1.165) is 0 Å². The van der Waals surface area contributed by atoms with Gasteiger partial charge in [-0.15, -0.1) is 0 Å². The van der Waals surface area contributed by atoms with Gasteiger partial charge in [0.25, 0.3) is 0 Å². The first-order chi connectivity index (χ1) is 5.43. The second kappa shape index (κ2) is 5.68. The number of benzene rings is 1. The Hall–Kier alpha value is 0.0684. The van der Waals surface area contributed by atoms with E-state index in [4.69, 9.17) is 9.95 Å². The van der Waals surface area contributed by atoms with Gasteiger partial charge in [0.15, 0.2) is 0 Å². The van der Waals surface area contributed by atoms with Crippen LogP contribution in [0.15, 0.2) is 30.3 Å². The normalized spacial score (nSPS) is 11.0. The summed E-state index contributed by atoms with van der Waals surface area (Å²) in [6, 6.07) is 10.6. The molecular weight excluding hydrogens is 218 g/mol. The van der Waals surface area contributed by atoms with E-state index < -0.39 is 0 Å². The van der Waals surface area contributed by atoms with E-state index in [1.165, 1.54) is 23.6 Å². The maximum atomic E-state index is 5.66. The van der Waals surface area contributed by atoms with E-state index in [9.17, 15) is 0 Å². The molecule has 0 aliphatic heterocycles. The molecule has 0 atom stereocenters. The molecule has 0 bridgehead atoms. The predicted octanol–water partition coefficient (Wildman–Crippen LogP) is 2.90. The molecule has 59 valence electrons. The molecule has 0 amide bonds. The van der Waals surface area contributed by atoms with Crippen molar-refractivity contribution in [3.05, 3.63) is 35.9 Å². The molecule has 0 aromatic heterocycles. The van der Waals surface area contributed by atoms with Crippen LogP contribution in [0.5, 0.6) is 0 Å². The Morgan fingerprint density at radius 2 is 1.91 bits per heavy atom. The van der Waals surface area contributed by atoms with Gasteiger partial charge in [0.2, 0.25) is 0 Å². The Morgan fingerprint density at radius 3 is 2.55 bits per heavy atom. The van der Waals surface area contributed by atoms with Crippen LogP contribution in [0.4, 0.5) is 0 Å². The zero-order chi connectivity index (χ0) is 7.94. The molecule has 0 saturated carbocycles. The van der Waals surface area contributed by atoms with Gasteiger partial charge in [-0.2, -0.15) is 0 Å². The number of rotatable bonds is 4. The van der Waals surface area contributed by atoms with Crippen LogP contribution in [0, 0.1) is 0 Å². The molecule has 2 heteroatoms. The molecule has 0 N–H and O–H groups in total. The summed E-state index contributed by atoms with van der Waals surface area (Å²) in [5, 5.41) is 1.22. The standard InChI is InChI=1S/C9H11AsCl/c11-10-8-4-7-9-5-2-1-3-6-9/h1-3,5-6H,4,7-8H2. The number of halogens is 1. The van der Waals surface area contributed by atoms with Gasteiger partial charge in [-0.25, -0.2) is 0 Å². The van der Waals surface area contributed by atoms with Crippen LogP contribution in [-0.2, 0) is 6.42 Å². The third-order valence-corrected chi connectivity index (χ3v) is 3.45. The van der Waals surface area contributed by atoms with Crippen LogP contribution < -0.4 is 0 Å². The van der Waals surface area contributed by atoms with Crippen molar-refractivity contribution in [3.8, 4) is 0 Å². The molecule has 11 heavy (non-hydrogen) atoms. The second-order valence-electron chi connectivity index (χ2n) is 2.43. The molecule has 1 aromatic carbocycles. The average molecular weight is 230 g/mol. The summed E-state index contributed by atoms with van der Waals surface area (Å²) >= 11 is 0.1000. The van der Waals surface area contributed by atoms with Gasteiger partial charge in [-0.1, -0.05) is 0 Å². The Morgan fingerprint density at radius 1 is 1.18 bits per heavy atom. The first-order valence-electron chi connectivity index (χ1n) is 3.75. The molecular formula is C9H11AsCl. The summed E-state index contributed by atoms with van der Waals surface area (Å²) < 4.78 is 0. The molecule has 0 heterocycles. The molecule has 0 saturated heterocycles. The Labute approximate surface area is 78.8 Å². The van der Waals surface area contributed by atoms with Crippen molar-refractivity contribution in [3.63, 3.8) is 0 Å². The van der Waals surface area contributed by atoms with E-state index in [1.54, 1.807) is 0 Å². The Bertz CT molecular complexity index is 186. The molecule has 1 radical (unpaired) electrons. The Balaban J connectivity index is 2.28. The van der Waals surface area contributed by atoms with Crippen LogP contribution in [-0.4, -0.2) is 14.8 Å². The minimum absolute atomic E-state index is 0.1000. The van der Waals surface area contributed by atoms with E-state index in [2.05, 4.69) is 30.3 Å². The van der Waals surface area contributed by atoms with Crippen molar-refractivity contribution in [2.24, 2.45) is 0 Å². The SMILES string of the molecule is Cl[As]CCCc1ccccc1. The Kier molecular flexibility index (Phi) is 4.73. The van der Waals surface area contributed by atoms with Crippen molar-refractivity contribution in [2.45, 2.75) is 18.1 Å². The first-order valence-corrected chi connectivity index (χ1v) is 7.54. The fourth-order valence-electron chi connectivity index (χ4n) is 0.988. The van der Waals surface area contributed by atoms with Gasteiger partial charge in [-0.05, 0) is 0 Å². The summed E-state index contributed by atoms with van der Waals surface area (Å²) in [5.41, 5.74) is 1.43. The molecule has 0 aliphatic rings. The fraction of sp³-hybridized carbons (Fsp3) is 0.333. The summed E-state index contributed by atoms with van der Waals surface area (Å²) in [5.74, 6) is 0. The van der Waals surface area contributed by atoms with Crippen molar-refractivity contribution < 1.29 is 0 Å². The second-order valence-corrected chi connectivity index (χ2v) is 5.11. The third kappa shape index (κ3) is 3.84. The van der Waals surface area contributed by atoms with E-state index in [1.807, 2.05) is 0 Å². The van der Waals surface area contributed by atoms with Gasteiger partial charge >= 0.3 is 78.7 Å². The summed E-state index contributed by atoms with van der Waals surface area (Å²) in [6.07, 6.45) is 2.43. The fourth-order valence-corrected chi connectivity index (χ4v) is 2.19. The number of aryl methyl sites for hydroxylation is 1. The van der Waals surface area contributed by atoms with Crippen LogP contribution in [0.3, 0.4) is 0 Å². The maximum absolute atomic E-state index is 5.66. The molecule has 1 rings (SSSR count). The third-order valence-electron chi connectivity index (χ3n) is 1.55. The van der Waals surface area contributed by atoms with Gasteiger partial charge in [0.1, 0.15) is 0 Å². The van der Waals surface area contributed by atoms with Gasteiger partial charge in [0, 0.05) is 0 Å². The molecule has 0 unspecified atom stereocenters. The van der Waals surface area contributed by atoms with Crippen LogP contribution in [0.2, 0.25) is 5.21 Å².